The molecule has 6 heteroatoms. The number of benzene rings is 3. The number of nitrogens with zero attached hydrogens (tertiary/aromatic N) is 1. The van der Waals surface area contributed by atoms with Crippen LogP contribution < -0.4 is 5.56 Å². The summed E-state index contributed by atoms with van der Waals surface area (Å²) in [4.78, 5) is 12.8. The van der Waals surface area contributed by atoms with Crippen LogP contribution in [0.25, 0.3) is 27.7 Å². The van der Waals surface area contributed by atoms with Gasteiger partial charge in [-0.25, -0.2) is 0 Å². The fourth-order valence-electron chi connectivity index (χ4n) is 3.15. The SMILES string of the molecule is O=c1ccc2c(-c3ccccc3Cl)cc(I)cc2n1-c1c(Cl)cccc1Cl. The second kappa shape index (κ2) is 7.47. The second-order valence-electron chi connectivity index (χ2n) is 5.94. The molecule has 0 saturated carbocycles. The highest BCUT2D eigenvalue weighted by Gasteiger charge is 2.16. The normalized spacial score (nSPS) is 11.1. The summed E-state index contributed by atoms with van der Waals surface area (Å²) in [5.41, 5.74) is 2.84. The van der Waals surface area contributed by atoms with Crippen molar-refractivity contribution in [2.45, 2.75) is 0 Å². The van der Waals surface area contributed by atoms with Crippen molar-refractivity contribution in [2.75, 3.05) is 0 Å². The molecule has 2 nitrogen and oxygen atoms in total. The summed E-state index contributed by atoms with van der Waals surface area (Å²) in [5, 5.41) is 2.36. The summed E-state index contributed by atoms with van der Waals surface area (Å²) in [6.07, 6.45) is 0. The van der Waals surface area contributed by atoms with E-state index in [1.807, 2.05) is 42.5 Å². The zero-order valence-corrected chi connectivity index (χ0v) is 18.1. The number of aromatic nitrogens is 1. The molecule has 1 aromatic heterocycles. The Hall–Kier alpha value is -1.53. The fraction of sp³-hybridized carbons (Fsp3) is 0. The Morgan fingerprint density at radius 1 is 0.741 bits per heavy atom. The summed E-state index contributed by atoms with van der Waals surface area (Å²) in [7, 11) is 0. The van der Waals surface area contributed by atoms with E-state index < -0.39 is 0 Å². The highest BCUT2D eigenvalue weighted by molar-refractivity contribution is 14.1. The van der Waals surface area contributed by atoms with Crippen LogP contribution in [0.5, 0.6) is 0 Å². The number of halogens is 4. The second-order valence-corrected chi connectivity index (χ2v) is 8.41. The molecule has 0 aliphatic carbocycles. The third-order valence-electron chi connectivity index (χ3n) is 4.30. The number of fused-ring (bicyclic) bond motifs is 1. The smallest absolute Gasteiger partial charge is 0.255 e. The van der Waals surface area contributed by atoms with Crippen LogP contribution in [0.2, 0.25) is 15.1 Å². The molecule has 134 valence electrons. The molecule has 0 saturated heterocycles. The third kappa shape index (κ3) is 3.38. The van der Waals surface area contributed by atoms with E-state index in [9.17, 15) is 4.79 Å². The van der Waals surface area contributed by atoms with Crippen molar-refractivity contribution in [3.05, 3.63) is 95.7 Å². The molecular weight excluding hydrogens is 516 g/mol. The molecule has 0 radical (unpaired) electrons. The topological polar surface area (TPSA) is 22.0 Å². The molecule has 0 spiro atoms. The van der Waals surface area contributed by atoms with E-state index >= 15 is 0 Å². The van der Waals surface area contributed by atoms with Crippen molar-refractivity contribution >= 4 is 68.3 Å². The van der Waals surface area contributed by atoms with Gasteiger partial charge in [0.1, 0.15) is 0 Å². The van der Waals surface area contributed by atoms with Crippen molar-refractivity contribution in [3.63, 3.8) is 0 Å². The predicted octanol–water partition coefficient (Wildman–Crippen LogP) is 7.22. The minimum Gasteiger partial charge on any atom is -0.274 e. The Kier molecular flexibility index (Phi) is 5.21. The average molecular weight is 527 g/mol. The minimum absolute atomic E-state index is 0.204. The summed E-state index contributed by atoms with van der Waals surface area (Å²) < 4.78 is 2.53. The Morgan fingerprint density at radius 3 is 2.11 bits per heavy atom. The maximum atomic E-state index is 12.8. The van der Waals surface area contributed by atoms with E-state index in [4.69, 9.17) is 34.8 Å². The first-order valence-electron chi connectivity index (χ1n) is 8.02. The Bertz CT molecular complexity index is 1230. The average Bonchev–Trinajstić information content (AvgIpc) is 2.63. The number of rotatable bonds is 2. The first kappa shape index (κ1) is 18.8. The summed E-state index contributed by atoms with van der Waals surface area (Å²) in [6, 6.07) is 20.2. The molecule has 0 unspecified atom stereocenters. The lowest BCUT2D eigenvalue weighted by atomic mass is 10.0. The highest BCUT2D eigenvalue weighted by Crippen LogP contribution is 2.36. The van der Waals surface area contributed by atoms with Gasteiger partial charge in [0.15, 0.2) is 0 Å². The van der Waals surface area contributed by atoms with Gasteiger partial charge in [0, 0.05) is 25.6 Å². The van der Waals surface area contributed by atoms with Crippen LogP contribution in [-0.4, -0.2) is 4.57 Å². The molecule has 27 heavy (non-hydrogen) atoms. The first-order valence-corrected chi connectivity index (χ1v) is 10.2. The lowest BCUT2D eigenvalue weighted by Gasteiger charge is -2.16. The summed E-state index contributed by atoms with van der Waals surface area (Å²) in [6.45, 7) is 0. The van der Waals surface area contributed by atoms with Crippen molar-refractivity contribution in [3.8, 4) is 16.8 Å². The van der Waals surface area contributed by atoms with Crippen LogP contribution in [0.15, 0.2) is 71.5 Å². The molecule has 4 rings (SSSR count). The number of para-hydroxylation sites is 1. The quantitative estimate of drug-likeness (QED) is 0.253. The van der Waals surface area contributed by atoms with Gasteiger partial charge in [-0.05, 0) is 64.6 Å². The van der Waals surface area contributed by atoms with Gasteiger partial charge in [0.05, 0.1) is 21.2 Å². The molecule has 0 aliphatic rings. The monoisotopic (exact) mass is 525 g/mol. The van der Waals surface area contributed by atoms with Gasteiger partial charge in [0.2, 0.25) is 0 Å². The molecule has 0 bridgehead atoms. The Morgan fingerprint density at radius 2 is 1.41 bits per heavy atom. The van der Waals surface area contributed by atoms with Crippen LogP contribution in [0.4, 0.5) is 0 Å². The number of pyridine rings is 1. The van der Waals surface area contributed by atoms with Crippen LogP contribution in [0, 0.1) is 3.57 Å². The van der Waals surface area contributed by atoms with Crippen LogP contribution >= 0.6 is 57.4 Å². The zero-order chi connectivity index (χ0) is 19.1. The van der Waals surface area contributed by atoms with Gasteiger partial charge in [-0.2, -0.15) is 0 Å². The van der Waals surface area contributed by atoms with Crippen molar-refractivity contribution < 1.29 is 0 Å². The maximum Gasteiger partial charge on any atom is 0.255 e. The Balaban J connectivity index is 2.16. The predicted molar refractivity (Wildman–Crippen MR) is 123 cm³/mol. The van der Waals surface area contributed by atoms with Gasteiger partial charge < -0.3 is 0 Å². The van der Waals surface area contributed by atoms with Crippen LogP contribution in [0.3, 0.4) is 0 Å². The number of hydrogen-bond acceptors (Lipinski definition) is 1. The van der Waals surface area contributed by atoms with Crippen LogP contribution in [0.1, 0.15) is 0 Å². The summed E-state index contributed by atoms with van der Waals surface area (Å²) >= 11 is 21.5. The van der Waals surface area contributed by atoms with Gasteiger partial charge in [-0.15, -0.1) is 0 Å². The minimum atomic E-state index is -0.204. The fourth-order valence-corrected chi connectivity index (χ4v) is 4.56. The van der Waals surface area contributed by atoms with E-state index in [1.165, 1.54) is 6.07 Å². The van der Waals surface area contributed by atoms with Crippen molar-refractivity contribution in [2.24, 2.45) is 0 Å². The maximum absolute atomic E-state index is 12.8. The molecule has 0 aliphatic heterocycles. The van der Waals surface area contributed by atoms with E-state index in [-0.39, 0.29) is 5.56 Å². The first-order chi connectivity index (χ1) is 13.0. The van der Waals surface area contributed by atoms with E-state index in [1.54, 1.807) is 22.8 Å². The molecule has 0 atom stereocenters. The lowest BCUT2D eigenvalue weighted by Crippen LogP contribution is -2.18. The summed E-state index contributed by atoms with van der Waals surface area (Å²) in [5.74, 6) is 0. The standard InChI is InChI=1S/C21H11Cl3INO/c22-16-5-2-1-4-13(16)15-10-12(25)11-19-14(15)8-9-20(27)26(19)21-17(23)6-3-7-18(21)24/h1-11H. The van der Waals surface area contributed by atoms with Gasteiger partial charge >= 0.3 is 0 Å². The van der Waals surface area contributed by atoms with Crippen molar-refractivity contribution in [1.29, 1.82) is 0 Å². The zero-order valence-electron chi connectivity index (χ0n) is 13.7. The molecule has 0 fully saturated rings. The molecule has 3 aromatic carbocycles. The van der Waals surface area contributed by atoms with Gasteiger partial charge in [-0.1, -0.05) is 59.1 Å². The molecule has 0 N–H and O–H groups in total. The van der Waals surface area contributed by atoms with Gasteiger partial charge in [-0.3, -0.25) is 9.36 Å². The highest BCUT2D eigenvalue weighted by atomic mass is 127. The van der Waals surface area contributed by atoms with E-state index in [2.05, 4.69) is 22.6 Å². The van der Waals surface area contributed by atoms with Gasteiger partial charge in [0.25, 0.3) is 5.56 Å². The molecule has 4 aromatic rings. The lowest BCUT2D eigenvalue weighted by molar-refractivity contribution is 1.04. The molecule has 0 amide bonds. The van der Waals surface area contributed by atoms with Crippen LogP contribution in [-0.2, 0) is 0 Å². The number of hydrogen-bond donors (Lipinski definition) is 0. The third-order valence-corrected chi connectivity index (χ3v) is 5.86. The largest absolute Gasteiger partial charge is 0.274 e. The van der Waals surface area contributed by atoms with E-state index in [0.717, 1.165) is 25.6 Å². The molecular formula is C21H11Cl3INO. The van der Waals surface area contributed by atoms with E-state index in [0.29, 0.717) is 20.8 Å². The van der Waals surface area contributed by atoms with Crippen molar-refractivity contribution in [1.82, 2.24) is 4.57 Å². The molecule has 1 heterocycles. The Labute approximate surface area is 184 Å².